The first kappa shape index (κ1) is 18.1. The van der Waals surface area contributed by atoms with Crippen molar-refractivity contribution in [3.05, 3.63) is 42.0 Å². The Morgan fingerprint density at radius 3 is 2.24 bits per heavy atom. The van der Waals surface area contributed by atoms with Gasteiger partial charge in [0.25, 0.3) is 0 Å². The zero-order valence-electron chi connectivity index (χ0n) is 14.0. The van der Waals surface area contributed by atoms with Crippen LogP contribution in [0.4, 0.5) is 0 Å². The van der Waals surface area contributed by atoms with E-state index in [1.54, 1.807) is 0 Å². The maximum absolute atomic E-state index is 6.57. The Bertz CT molecular complexity index is 408. The third-order valence-corrected chi connectivity index (χ3v) is 7.72. The van der Waals surface area contributed by atoms with Crippen LogP contribution in [0.15, 0.2) is 30.8 Å². The van der Waals surface area contributed by atoms with Crippen LogP contribution in [0.2, 0.25) is 12.1 Å². The highest BCUT2D eigenvalue weighted by Crippen LogP contribution is 2.31. The Labute approximate surface area is 131 Å². The summed E-state index contributed by atoms with van der Waals surface area (Å²) in [6.45, 7) is 13.2. The zero-order valence-corrected chi connectivity index (χ0v) is 15.0. The SMILES string of the molecule is C=Cc1ccc(C(CC)O[Si](CC)(CCC)OCC)cc1. The highest BCUT2D eigenvalue weighted by atomic mass is 28.4. The second kappa shape index (κ2) is 9.18. The van der Waals surface area contributed by atoms with Crippen LogP contribution in [0.5, 0.6) is 0 Å². The lowest BCUT2D eigenvalue weighted by atomic mass is 10.1. The standard InChI is InChI=1S/C18H30O2Si/c1-6-15-21(10-5,19-9-4)20-18(8-3)17-13-11-16(7-2)12-14-17/h7,11-14,18H,2,6,8-10,15H2,1,3-5H3. The van der Waals surface area contributed by atoms with Gasteiger partial charge in [-0.1, -0.05) is 64.1 Å². The molecule has 2 unspecified atom stereocenters. The molecule has 0 heterocycles. The van der Waals surface area contributed by atoms with Crippen molar-refractivity contribution in [2.75, 3.05) is 6.61 Å². The second-order valence-corrected chi connectivity index (χ2v) is 8.89. The molecule has 1 aromatic carbocycles. The molecule has 2 nitrogen and oxygen atoms in total. The summed E-state index contributed by atoms with van der Waals surface area (Å²) in [5.74, 6) is 0. The molecule has 1 aromatic rings. The van der Waals surface area contributed by atoms with Crippen LogP contribution in [0.25, 0.3) is 6.08 Å². The van der Waals surface area contributed by atoms with E-state index in [4.69, 9.17) is 8.85 Å². The van der Waals surface area contributed by atoms with Crippen molar-refractivity contribution in [2.24, 2.45) is 0 Å². The molecule has 0 radical (unpaired) electrons. The maximum atomic E-state index is 6.57. The molecule has 0 N–H and O–H groups in total. The van der Waals surface area contributed by atoms with E-state index in [1.165, 1.54) is 5.56 Å². The molecule has 0 amide bonds. The first-order valence-electron chi connectivity index (χ1n) is 8.18. The molecule has 2 atom stereocenters. The minimum atomic E-state index is -2.08. The molecule has 0 saturated carbocycles. The van der Waals surface area contributed by atoms with Gasteiger partial charge in [0.2, 0.25) is 0 Å². The number of hydrogen-bond acceptors (Lipinski definition) is 2. The Kier molecular flexibility index (Phi) is 7.94. The highest BCUT2D eigenvalue weighted by molar-refractivity contribution is 6.67. The second-order valence-electron chi connectivity index (χ2n) is 5.33. The summed E-state index contributed by atoms with van der Waals surface area (Å²) >= 11 is 0. The van der Waals surface area contributed by atoms with Gasteiger partial charge in [-0.25, -0.2) is 0 Å². The van der Waals surface area contributed by atoms with E-state index in [0.717, 1.165) is 37.1 Å². The smallest absolute Gasteiger partial charge is 0.338 e. The fourth-order valence-electron chi connectivity index (χ4n) is 2.66. The monoisotopic (exact) mass is 306 g/mol. The largest absolute Gasteiger partial charge is 0.394 e. The van der Waals surface area contributed by atoms with Crippen LogP contribution in [0, 0.1) is 0 Å². The van der Waals surface area contributed by atoms with Gasteiger partial charge in [-0.15, -0.1) is 0 Å². The van der Waals surface area contributed by atoms with Gasteiger partial charge >= 0.3 is 8.56 Å². The lowest BCUT2D eigenvalue weighted by Gasteiger charge is -2.33. The van der Waals surface area contributed by atoms with E-state index >= 15 is 0 Å². The van der Waals surface area contributed by atoms with Gasteiger partial charge < -0.3 is 8.85 Å². The van der Waals surface area contributed by atoms with Crippen LogP contribution >= 0.6 is 0 Å². The van der Waals surface area contributed by atoms with Gasteiger partial charge in [0.05, 0.1) is 6.10 Å². The summed E-state index contributed by atoms with van der Waals surface area (Å²) in [6, 6.07) is 10.6. The molecule has 0 fully saturated rings. The first-order valence-corrected chi connectivity index (χ1v) is 10.4. The summed E-state index contributed by atoms with van der Waals surface area (Å²) in [6.07, 6.45) is 4.09. The minimum Gasteiger partial charge on any atom is -0.394 e. The fraction of sp³-hybridized carbons (Fsp3) is 0.556. The van der Waals surface area contributed by atoms with Gasteiger partial charge in [0, 0.05) is 6.61 Å². The summed E-state index contributed by atoms with van der Waals surface area (Å²) < 4.78 is 12.7. The van der Waals surface area contributed by atoms with Crippen molar-refractivity contribution < 1.29 is 8.85 Å². The third-order valence-electron chi connectivity index (χ3n) is 3.85. The topological polar surface area (TPSA) is 18.5 Å². The molecule has 1 rings (SSSR count). The fourth-order valence-corrected chi connectivity index (χ4v) is 5.83. The van der Waals surface area contributed by atoms with E-state index in [1.807, 2.05) is 6.08 Å². The molecular formula is C18H30O2Si. The van der Waals surface area contributed by atoms with Crippen LogP contribution in [-0.2, 0) is 8.85 Å². The number of benzene rings is 1. The van der Waals surface area contributed by atoms with Crippen LogP contribution in [0.1, 0.15) is 57.8 Å². The predicted octanol–water partition coefficient (Wildman–Crippen LogP) is 5.71. The lowest BCUT2D eigenvalue weighted by molar-refractivity contribution is 0.113. The first-order chi connectivity index (χ1) is 10.1. The molecule has 3 heteroatoms. The van der Waals surface area contributed by atoms with Gasteiger partial charge in [0.15, 0.2) is 0 Å². The van der Waals surface area contributed by atoms with Gasteiger partial charge in [-0.2, -0.15) is 0 Å². The van der Waals surface area contributed by atoms with Crippen molar-refractivity contribution in [3.8, 4) is 0 Å². The Morgan fingerprint density at radius 1 is 1.14 bits per heavy atom. The molecule has 118 valence electrons. The Balaban J connectivity index is 2.92. The predicted molar refractivity (Wildman–Crippen MR) is 93.6 cm³/mol. The van der Waals surface area contributed by atoms with Crippen LogP contribution < -0.4 is 0 Å². The molecule has 0 aromatic heterocycles. The van der Waals surface area contributed by atoms with E-state index in [2.05, 4.69) is 58.5 Å². The zero-order chi connectivity index (χ0) is 15.7. The Morgan fingerprint density at radius 2 is 1.81 bits per heavy atom. The quantitative estimate of drug-likeness (QED) is 0.516. The Hall–Kier alpha value is -0.903. The van der Waals surface area contributed by atoms with E-state index < -0.39 is 8.56 Å². The maximum Gasteiger partial charge on any atom is 0.338 e. The highest BCUT2D eigenvalue weighted by Gasteiger charge is 2.37. The minimum absolute atomic E-state index is 0.133. The summed E-state index contributed by atoms with van der Waals surface area (Å²) in [5.41, 5.74) is 2.38. The average molecular weight is 307 g/mol. The molecular weight excluding hydrogens is 276 g/mol. The third kappa shape index (κ3) is 5.10. The molecule has 0 aliphatic rings. The normalized spacial score (nSPS) is 15.4. The average Bonchev–Trinajstić information content (AvgIpc) is 2.53. The summed E-state index contributed by atoms with van der Waals surface area (Å²) in [7, 11) is -2.08. The molecule has 0 aliphatic heterocycles. The lowest BCUT2D eigenvalue weighted by Crippen LogP contribution is -2.42. The molecule has 21 heavy (non-hydrogen) atoms. The van der Waals surface area contributed by atoms with Crippen molar-refractivity contribution in [3.63, 3.8) is 0 Å². The molecule has 0 spiro atoms. The van der Waals surface area contributed by atoms with Crippen molar-refractivity contribution in [1.29, 1.82) is 0 Å². The van der Waals surface area contributed by atoms with Gasteiger partial charge in [-0.05, 0) is 36.6 Å². The molecule has 0 bridgehead atoms. The summed E-state index contributed by atoms with van der Waals surface area (Å²) in [5, 5.41) is 0. The molecule has 0 aliphatic carbocycles. The molecule has 0 saturated heterocycles. The summed E-state index contributed by atoms with van der Waals surface area (Å²) in [4.78, 5) is 0. The van der Waals surface area contributed by atoms with Crippen molar-refractivity contribution in [2.45, 2.75) is 58.7 Å². The van der Waals surface area contributed by atoms with E-state index in [0.29, 0.717) is 0 Å². The van der Waals surface area contributed by atoms with Crippen LogP contribution in [0.3, 0.4) is 0 Å². The van der Waals surface area contributed by atoms with Crippen LogP contribution in [-0.4, -0.2) is 15.2 Å². The van der Waals surface area contributed by atoms with Crippen molar-refractivity contribution in [1.82, 2.24) is 0 Å². The van der Waals surface area contributed by atoms with Crippen molar-refractivity contribution >= 4 is 14.6 Å². The van der Waals surface area contributed by atoms with E-state index in [-0.39, 0.29) is 6.10 Å². The van der Waals surface area contributed by atoms with Gasteiger partial charge in [-0.3, -0.25) is 0 Å². The number of hydrogen-bond donors (Lipinski definition) is 0. The van der Waals surface area contributed by atoms with E-state index in [9.17, 15) is 0 Å². The van der Waals surface area contributed by atoms with Gasteiger partial charge in [0.1, 0.15) is 0 Å². The number of rotatable bonds is 10.